The smallest absolute Gasteiger partial charge is 0.359 e. The summed E-state index contributed by atoms with van der Waals surface area (Å²) < 4.78 is 47.9. The molecule has 2 aromatic rings. The number of hydrogen-bond acceptors (Lipinski definition) is 5. The van der Waals surface area contributed by atoms with Gasteiger partial charge in [-0.15, -0.1) is 0 Å². The fourth-order valence-corrected chi connectivity index (χ4v) is 4.31. The molecule has 1 aliphatic rings. The molecular weight excluding hydrogens is 413 g/mol. The first-order valence-electron chi connectivity index (χ1n) is 9.82. The molecule has 0 bridgehead atoms. The number of aromatic nitrogens is 2. The number of anilines is 1. The van der Waals surface area contributed by atoms with Gasteiger partial charge in [-0.05, 0) is 17.2 Å². The lowest BCUT2D eigenvalue weighted by molar-refractivity contribution is -0.138. The topological polar surface area (TPSA) is 73.4 Å². The number of benzene rings is 1. The van der Waals surface area contributed by atoms with Crippen molar-refractivity contribution in [2.24, 2.45) is 5.73 Å². The zero-order valence-corrected chi connectivity index (χ0v) is 18.4. The van der Waals surface area contributed by atoms with Crippen molar-refractivity contribution >= 4 is 13.8 Å². The molecule has 164 valence electrons. The van der Waals surface area contributed by atoms with E-state index in [9.17, 15) is 18.0 Å². The molecule has 0 aliphatic carbocycles. The van der Waals surface area contributed by atoms with Gasteiger partial charge in [0.2, 0.25) is 0 Å². The molecule has 0 saturated carbocycles. The van der Waals surface area contributed by atoms with Crippen molar-refractivity contribution < 1.29 is 17.9 Å². The minimum absolute atomic E-state index is 0.122. The maximum Gasteiger partial charge on any atom is 0.423 e. The molecule has 1 atom stereocenters. The van der Waals surface area contributed by atoms with E-state index in [1.165, 1.54) is 4.90 Å². The van der Waals surface area contributed by atoms with Crippen molar-refractivity contribution in [3.8, 4) is 0 Å². The molecule has 1 unspecified atom stereocenters. The Kier molecular flexibility index (Phi) is 6.39. The molecule has 0 amide bonds. The number of fused-ring (bicyclic) bond motifs is 1. The van der Waals surface area contributed by atoms with Crippen LogP contribution < -0.4 is 16.2 Å². The molecule has 0 spiro atoms. The Morgan fingerprint density at radius 1 is 1.27 bits per heavy atom. The SMILES string of the molecule is C[Si](C)(C)CCOCn1ncc(N2Cc3ccccc3C2CN)c(C(F)(F)F)c1=O. The van der Waals surface area contributed by atoms with Gasteiger partial charge in [0.05, 0.1) is 17.9 Å². The Labute approximate surface area is 174 Å². The molecule has 0 saturated heterocycles. The van der Waals surface area contributed by atoms with E-state index in [4.69, 9.17) is 10.5 Å². The summed E-state index contributed by atoms with van der Waals surface area (Å²) in [5.74, 6) is 0. The average molecular weight is 441 g/mol. The highest BCUT2D eigenvalue weighted by molar-refractivity contribution is 6.76. The number of ether oxygens (including phenoxy) is 1. The van der Waals surface area contributed by atoms with Crippen LogP contribution in [0, 0.1) is 0 Å². The van der Waals surface area contributed by atoms with Gasteiger partial charge in [-0.25, -0.2) is 4.68 Å². The van der Waals surface area contributed by atoms with Gasteiger partial charge in [0.25, 0.3) is 5.56 Å². The molecule has 0 radical (unpaired) electrons. The van der Waals surface area contributed by atoms with Crippen molar-refractivity contribution in [2.45, 2.75) is 51.2 Å². The standard InChI is InChI=1S/C20H27F3N4O2Si/c1-30(2,3)9-8-29-13-27-19(28)18(20(21,22)23)17(11-25-27)26-12-14-6-4-5-7-15(14)16(26)10-24/h4-7,11,16H,8-10,12-13,24H2,1-3H3. The molecule has 1 aromatic carbocycles. The van der Waals surface area contributed by atoms with Crippen LogP contribution in [-0.2, 0) is 24.2 Å². The monoisotopic (exact) mass is 440 g/mol. The van der Waals surface area contributed by atoms with Crippen LogP contribution in [-0.4, -0.2) is 31.0 Å². The summed E-state index contributed by atoms with van der Waals surface area (Å²) in [6, 6.07) is 7.74. The molecule has 1 aromatic heterocycles. The summed E-state index contributed by atoms with van der Waals surface area (Å²) in [7, 11) is -1.35. The van der Waals surface area contributed by atoms with E-state index in [2.05, 4.69) is 24.7 Å². The van der Waals surface area contributed by atoms with Crippen molar-refractivity contribution in [1.29, 1.82) is 0 Å². The Bertz CT molecular complexity index is 956. The normalized spacial score (nSPS) is 16.8. The predicted octanol–water partition coefficient (Wildman–Crippen LogP) is 3.59. The summed E-state index contributed by atoms with van der Waals surface area (Å²) in [4.78, 5) is 14.2. The quantitative estimate of drug-likeness (QED) is 0.526. The van der Waals surface area contributed by atoms with Crippen LogP contribution in [0.5, 0.6) is 0 Å². The lowest BCUT2D eigenvalue weighted by Crippen LogP contribution is -2.37. The molecule has 3 rings (SSSR count). The number of rotatable bonds is 7. The summed E-state index contributed by atoms with van der Waals surface area (Å²) in [6.07, 6.45) is -3.73. The van der Waals surface area contributed by atoms with Crippen molar-refractivity contribution in [2.75, 3.05) is 18.1 Å². The number of hydrogen-bond donors (Lipinski definition) is 1. The van der Waals surface area contributed by atoms with Gasteiger partial charge in [0.15, 0.2) is 0 Å². The zero-order valence-electron chi connectivity index (χ0n) is 17.4. The maximum atomic E-state index is 13.9. The maximum absolute atomic E-state index is 13.9. The molecule has 2 N–H and O–H groups in total. The Balaban J connectivity index is 1.93. The Morgan fingerprint density at radius 2 is 1.97 bits per heavy atom. The van der Waals surface area contributed by atoms with Gasteiger partial charge in [0.1, 0.15) is 12.3 Å². The third kappa shape index (κ3) is 4.76. The van der Waals surface area contributed by atoms with Crippen LogP contribution in [0.25, 0.3) is 0 Å². The average Bonchev–Trinajstić information content (AvgIpc) is 3.02. The number of nitrogens with two attached hydrogens (primary N) is 1. The molecular formula is C20H27F3N4O2Si. The molecule has 10 heteroatoms. The molecule has 1 aliphatic heterocycles. The van der Waals surface area contributed by atoms with Gasteiger partial charge in [-0.3, -0.25) is 4.79 Å². The number of halogens is 3. The van der Waals surface area contributed by atoms with Crippen LogP contribution in [0.4, 0.5) is 18.9 Å². The van der Waals surface area contributed by atoms with E-state index in [1.807, 2.05) is 24.3 Å². The third-order valence-corrected chi connectivity index (χ3v) is 6.89. The minimum Gasteiger partial charge on any atom is -0.359 e. The van der Waals surface area contributed by atoms with Gasteiger partial charge in [-0.1, -0.05) is 43.9 Å². The summed E-state index contributed by atoms with van der Waals surface area (Å²) in [5, 5.41) is 3.97. The fourth-order valence-electron chi connectivity index (χ4n) is 3.56. The molecule has 2 heterocycles. The fraction of sp³-hybridized carbons (Fsp3) is 0.500. The van der Waals surface area contributed by atoms with E-state index < -0.39 is 31.4 Å². The highest BCUT2D eigenvalue weighted by Gasteiger charge is 2.42. The second-order valence-corrected chi connectivity index (χ2v) is 14.3. The Hall–Kier alpha value is -2.17. The zero-order chi connectivity index (χ0) is 22.1. The molecule has 6 nitrogen and oxygen atoms in total. The number of alkyl halides is 3. The second kappa shape index (κ2) is 8.52. The second-order valence-electron chi connectivity index (χ2n) is 8.63. The summed E-state index contributed by atoms with van der Waals surface area (Å²) in [6.45, 7) is 6.92. The minimum atomic E-state index is -4.83. The van der Waals surface area contributed by atoms with Crippen LogP contribution in [0.3, 0.4) is 0 Å². The van der Waals surface area contributed by atoms with Crippen LogP contribution in [0.1, 0.15) is 22.7 Å². The van der Waals surface area contributed by atoms with Gasteiger partial charge < -0.3 is 15.4 Å². The van der Waals surface area contributed by atoms with E-state index in [1.54, 1.807) is 0 Å². The first-order valence-corrected chi connectivity index (χ1v) is 13.5. The van der Waals surface area contributed by atoms with Crippen LogP contribution >= 0.6 is 0 Å². The summed E-state index contributed by atoms with van der Waals surface area (Å²) >= 11 is 0. The highest BCUT2D eigenvalue weighted by atomic mass is 28.3. The van der Waals surface area contributed by atoms with Crippen molar-refractivity contribution in [3.05, 3.63) is 57.5 Å². The third-order valence-electron chi connectivity index (χ3n) is 5.18. The van der Waals surface area contributed by atoms with Gasteiger partial charge in [-0.2, -0.15) is 18.3 Å². The van der Waals surface area contributed by atoms with Crippen LogP contribution in [0.2, 0.25) is 25.7 Å². The lowest BCUT2D eigenvalue weighted by atomic mass is 10.1. The predicted molar refractivity (Wildman–Crippen MR) is 112 cm³/mol. The molecule has 30 heavy (non-hydrogen) atoms. The number of nitrogens with zero attached hydrogens (tertiary/aromatic N) is 3. The largest absolute Gasteiger partial charge is 0.423 e. The van der Waals surface area contributed by atoms with E-state index in [0.717, 1.165) is 28.0 Å². The van der Waals surface area contributed by atoms with Crippen molar-refractivity contribution in [1.82, 2.24) is 9.78 Å². The lowest BCUT2D eigenvalue weighted by Gasteiger charge is -2.28. The van der Waals surface area contributed by atoms with E-state index in [0.29, 0.717) is 6.61 Å². The summed E-state index contributed by atoms with van der Waals surface area (Å²) in [5.41, 5.74) is 4.93. The highest BCUT2D eigenvalue weighted by Crippen LogP contribution is 2.41. The van der Waals surface area contributed by atoms with E-state index >= 15 is 0 Å². The van der Waals surface area contributed by atoms with E-state index in [-0.39, 0.29) is 25.5 Å². The van der Waals surface area contributed by atoms with Crippen molar-refractivity contribution in [3.63, 3.8) is 0 Å². The first kappa shape index (κ1) is 22.5. The van der Waals surface area contributed by atoms with Gasteiger partial charge in [0, 0.05) is 27.8 Å². The van der Waals surface area contributed by atoms with Gasteiger partial charge >= 0.3 is 6.18 Å². The molecule has 0 fully saturated rings. The Morgan fingerprint density at radius 3 is 2.60 bits per heavy atom. The van der Waals surface area contributed by atoms with Crippen LogP contribution in [0.15, 0.2) is 35.3 Å². The first-order chi connectivity index (χ1) is 14.0.